The van der Waals surface area contributed by atoms with Crippen molar-refractivity contribution in [3.63, 3.8) is 0 Å². The van der Waals surface area contributed by atoms with Gasteiger partial charge in [0.25, 0.3) is 5.91 Å². The molecule has 0 aromatic heterocycles. The number of alkyl halides is 3. The van der Waals surface area contributed by atoms with Gasteiger partial charge in [0.1, 0.15) is 0 Å². The Morgan fingerprint density at radius 2 is 1.93 bits per heavy atom. The van der Waals surface area contributed by atoms with Crippen molar-refractivity contribution in [2.75, 3.05) is 6.54 Å². The molecule has 1 aromatic rings. The minimum absolute atomic E-state index is 0.131. The first-order valence-electron chi connectivity index (χ1n) is 8.32. The lowest BCUT2D eigenvalue weighted by atomic mass is 9.96. The molecule has 1 unspecified atom stereocenters. The third-order valence-corrected chi connectivity index (χ3v) is 5.38. The number of carbonyl (C=O) groups is 2. The van der Waals surface area contributed by atoms with Crippen molar-refractivity contribution in [3.8, 4) is 0 Å². The summed E-state index contributed by atoms with van der Waals surface area (Å²) in [7, 11) is 0. The summed E-state index contributed by atoms with van der Waals surface area (Å²) in [6, 6.07) is 2.69. The second-order valence-electron chi connectivity index (χ2n) is 7.00. The molecule has 2 N–H and O–H groups in total. The summed E-state index contributed by atoms with van der Waals surface area (Å²) in [6.45, 7) is 0.507. The highest BCUT2D eigenvalue weighted by molar-refractivity contribution is 6.30. The van der Waals surface area contributed by atoms with Crippen molar-refractivity contribution in [1.29, 1.82) is 0 Å². The Morgan fingerprint density at radius 1 is 1.26 bits per heavy atom. The number of carboxylic acid groups (broad SMARTS) is 1. The monoisotopic (exact) mass is 406 g/mol. The zero-order valence-corrected chi connectivity index (χ0v) is 15.1. The van der Waals surface area contributed by atoms with Gasteiger partial charge in [0, 0.05) is 24.7 Å². The first-order valence-corrected chi connectivity index (χ1v) is 8.70. The fourth-order valence-corrected chi connectivity index (χ4v) is 3.94. The lowest BCUT2D eigenvalue weighted by Crippen LogP contribution is -2.54. The molecule has 6 nitrogen and oxygen atoms in total. The molecule has 1 saturated heterocycles. The molecule has 1 fully saturated rings. The number of hydrogen-bond acceptors (Lipinski definition) is 3. The van der Waals surface area contributed by atoms with E-state index in [2.05, 4.69) is 0 Å². The number of carbonyl (C=O) groups excluding carboxylic acids is 1. The molecule has 0 aliphatic carbocycles. The Balaban J connectivity index is 1.94. The summed E-state index contributed by atoms with van der Waals surface area (Å²) in [5.41, 5.74) is -1.76. The number of rotatable bonds is 2. The highest BCUT2D eigenvalue weighted by atomic mass is 35.5. The van der Waals surface area contributed by atoms with E-state index in [-0.39, 0.29) is 13.1 Å². The van der Waals surface area contributed by atoms with Crippen LogP contribution in [-0.2, 0) is 17.9 Å². The molecule has 10 heteroatoms. The SMILES string of the molecule is CC(O)(C(=O)N1Cc2cc(Cl)cc([C@@H]3CCCN3C(=O)O)c2C1)C(F)(F)F. The third-order valence-electron chi connectivity index (χ3n) is 5.16. The lowest BCUT2D eigenvalue weighted by Gasteiger charge is -2.29. The summed E-state index contributed by atoms with van der Waals surface area (Å²) in [5.74, 6) is -1.45. The highest BCUT2D eigenvalue weighted by Gasteiger charge is 2.57. The molecule has 0 spiro atoms. The second kappa shape index (κ2) is 6.56. The summed E-state index contributed by atoms with van der Waals surface area (Å²) in [5, 5.41) is 19.4. The van der Waals surface area contributed by atoms with Gasteiger partial charge in [-0.25, -0.2) is 4.79 Å². The Kier molecular flexibility index (Phi) is 4.80. The van der Waals surface area contributed by atoms with Crippen LogP contribution in [0.15, 0.2) is 12.1 Å². The van der Waals surface area contributed by atoms with Crippen molar-refractivity contribution in [2.24, 2.45) is 0 Å². The Labute approximate surface area is 158 Å². The number of halogens is 4. The van der Waals surface area contributed by atoms with E-state index >= 15 is 0 Å². The van der Waals surface area contributed by atoms with Gasteiger partial charge in [0.05, 0.1) is 6.04 Å². The number of benzene rings is 1. The van der Waals surface area contributed by atoms with Crippen LogP contribution in [-0.4, -0.2) is 50.3 Å². The van der Waals surface area contributed by atoms with Crippen LogP contribution >= 0.6 is 11.6 Å². The van der Waals surface area contributed by atoms with Crippen LogP contribution in [0.2, 0.25) is 5.02 Å². The second-order valence-corrected chi connectivity index (χ2v) is 7.43. The van der Waals surface area contributed by atoms with Gasteiger partial charge in [-0.15, -0.1) is 0 Å². The van der Waals surface area contributed by atoms with Crippen molar-refractivity contribution < 1.29 is 33.0 Å². The summed E-state index contributed by atoms with van der Waals surface area (Å²) >= 11 is 6.13. The van der Waals surface area contributed by atoms with Crippen LogP contribution in [0, 0.1) is 0 Å². The molecule has 1 aromatic carbocycles. The van der Waals surface area contributed by atoms with Crippen molar-refractivity contribution in [3.05, 3.63) is 33.8 Å². The van der Waals surface area contributed by atoms with Gasteiger partial charge < -0.3 is 20.0 Å². The number of likely N-dealkylation sites (tertiary alicyclic amines) is 1. The molecule has 2 aliphatic rings. The highest BCUT2D eigenvalue weighted by Crippen LogP contribution is 2.41. The molecule has 3 rings (SSSR count). The predicted octanol–water partition coefficient (Wildman–Crippen LogP) is 3.31. The predicted molar refractivity (Wildman–Crippen MR) is 89.1 cm³/mol. The van der Waals surface area contributed by atoms with E-state index in [1.165, 1.54) is 4.90 Å². The Bertz CT molecular complexity index is 797. The Morgan fingerprint density at radius 3 is 2.52 bits per heavy atom. The van der Waals surface area contributed by atoms with Crippen LogP contribution in [0.1, 0.15) is 42.5 Å². The van der Waals surface area contributed by atoms with E-state index < -0.39 is 29.8 Å². The van der Waals surface area contributed by atoms with Gasteiger partial charge in [-0.2, -0.15) is 13.2 Å². The van der Waals surface area contributed by atoms with E-state index in [1.807, 2.05) is 0 Å². The van der Waals surface area contributed by atoms with Gasteiger partial charge in [-0.05, 0) is 48.6 Å². The van der Waals surface area contributed by atoms with E-state index in [0.717, 1.165) is 4.90 Å². The lowest BCUT2D eigenvalue weighted by molar-refractivity contribution is -0.250. The smallest absolute Gasteiger partial charge is 0.426 e. The number of amides is 2. The maximum atomic E-state index is 13.0. The normalized spacial score (nSPS) is 21.9. The average Bonchev–Trinajstić information content (AvgIpc) is 3.18. The zero-order valence-electron chi connectivity index (χ0n) is 14.4. The number of fused-ring (bicyclic) bond motifs is 1. The minimum Gasteiger partial charge on any atom is -0.465 e. The maximum absolute atomic E-state index is 13.0. The molecular weight excluding hydrogens is 389 g/mol. The summed E-state index contributed by atoms with van der Waals surface area (Å²) in [4.78, 5) is 25.9. The number of nitrogens with zero attached hydrogens (tertiary/aromatic N) is 2. The zero-order chi connectivity index (χ0) is 20.1. The molecule has 2 aliphatic heterocycles. The van der Waals surface area contributed by atoms with Crippen LogP contribution in [0.25, 0.3) is 0 Å². The van der Waals surface area contributed by atoms with Gasteiger partial charge in [0.2, 0.25) is 5.60 Å². The third kappa shape index (κ3) is 3.34. The van der Waals surface area contributed by atoms with E-state index in [0.29, 0.717) is 48.0 Å². The standard InChI is InChI=1S/C17H18ClF3N2O4/c1-16(27,17(19,20)21)14(24)22-7-9-5-10(18)6-11(12(9)8-22)13-3-2-4-23(13)15(25)26/h5-6,13,27H,2-4,7-8H2,1H3,(H,25,26)/t13-,16?/m0/s1. The van der Waals surface area contributed by atoms with Crippen LogP contribution in [0.3, 0.4) is 0 Å². The van der Waals surface area contributed by atoms with Crippen molar-refractivity contribution >= 4 is 23.6 Å². The topological polar surface area (TPSA) is 81.1 Å². The van der Waals surface area contributed by atoms with Gasteiger partial charge >= 0.3 is 12.3 Å². The molecule has 27 heavy (non-hydrogen) atoms. The summed E-state index contributed by atoms with van der Waals surface area (Å²) in [6.07, 6.45) is -4.97. The first kappa shape index (κ1) is 19.8. The molecule has 0 radical (unpaired) electrons. The maximum Gasteiger partial charge on any atom is 0.426 e. The minimum atomic E-state index is -5.11. The van der Waals surface area contributed by atoms with Gasteiger partial charge in [-0.1, -0.05) is 11.6 Å². The molecule has 2 heterocycles. The molecule has 2 atom stereocenters. The summed E-state index contributed by atoms with van der Waals surface area (Å²) < 4.78 is 39.0. The first-order chi connectivity index (χ1) is 12.4. The quantitative estimate of drug-likeness (QED) is 0.789. The van der Waals surface area contributed by atoms with E-state index in [9.17, 15) is 33.0 Å². The Hall–Kier alpha value is -2.00. The van der Waals surface area contributed by atoms with Crippen molar-refractivity contribution in [2.45, 2.75) is 50.7 Å². The van der Waals surface area contributed by atoms with Crippen molar-refractivity contribution in [1.82, 2.24) is 9.80 Å². The van der Waals surface area contributed by atoms with Crippen LogP contribution in [0.5, 0.6) is 0 Å². The molecule has 0 saturated carbocycles. The van der Waals surface area contributed by atoms with Crippen LogP contribution < -0.4 is 0 Å². The number of aliphatic hydroxyl groups is 1. The largest absolute Gasteiger partial charge is 0.465 e. The van der Waals surface area contributed by atoms with Gasteiger partial charge in [-0.3, -0.25) is 4.79 Å². The molecule has 2 amide bonds. The van der Waals surface area contributed by atoms with Gasteiger partial charge in [0.15, 0.2) is 0 Å². The van der Waals surface area contributed by atoms with Crippen LogP contribution in [0.4, 0.5) is 18.0 Å². The fraction of sp³-hybridized carbons (Fsp3) is 0.529. The average molecular weight is 407 g/mol. The molecule has 148 valence electrons. The van der Waals surface area contributed by atoms with E-state index in [1.54, 1.807) is 12.1 Å². The number of hydrogen-bond donors (Lipinski definition) is 2. The van der Waals surface area contributed by atoms with E-state index in [4.69, 9.17) is 11.6 Å². The molecule has 0 bridgehead atoms. The molecular formula is C17H18ClF3N2O4. The fourth-order valence-electron chi connectivity index (χ4n) is 3.69.